The number of nitrogens with zero attached hydrogens (tertiary/aromatic N) is 1. The normalized spacial score (nSPS) is 12.0. The van der Waals surface area contributed by atoms with Gasteiger partial charge >= 0.3 is 0 Å². The highest BCUT2D eigenvalue weighted by atomic mass is 19.1. The Morgan fingerprint density at radius 1 is 0.885 bits per heavy atom. The fraction of sp³-hybridized carbons (Fsp3) is 0.375. The summed E-state index contributed by atoms with van der Waals surface area (Å²) in [5.74, 6) is -0.0964. The number of aromatic nitrogens is 1. The van der Waals surface area contributed by atoms with E-state index < -0.39 is 0 Å². The van der Waals surface area contributed by atoms with E-state index in [1.165, 1.54) is 22.0 Å². The van der Waals surface area contributed by atoms with E-state index in [1.807, 2.05) is 26.8 Å². The molecular formula is C24H29FN+. The van der Waals surface area contributed by atoms with E-state index in [4.69, 9.17) is 0 Å². The number of pyridine rings is 1. The predicted molar refractivity (Wildman–Crippen MR) is 108 cm³/mol. The molecule has 0 aliphatic heterocycles. The summed E-state index contributed by atoms with van der Waals surface area (Å²) in [5.41, 5.74) is 7.34. The molecule has 0 saturated carbocycles. The fourth-order valence-corrected chi connectivity index (χ4v) is 3.67. The van der Waals surface area contributed by atoms with Gasteiger partial charge in [0.05, 0.1) is 10.9 Å². The van der Waals surface area contributed by atoms with Gasteiger partial charge in [-0.05, 0) is 66.0 Å². The van der Waals surface area contributed by atoms with Gasteiger partial charge < -0.3 is 0 Å². The second kappa shape index (κ2) is 6.19. The van der Waals surface area contributed by atoms with Crippen LogP contribution in [-0.4, -0.2) is 0 Å². The van der Waals surface area contributed by atoms with Gasteiger partial charge in [0.25, 0.3) is 0 Å². The van der Waals surface area contributed by atoms with Crippen LogP contribution in [-0.2, 0) is 12.5 Å². The molecule has 0 N–H and O–H groups in total. The van der Waals surface area contributed by atoms with Gasteiger partial charge in [-0.1, -0.05) is 32.9 Å². The van der Waals surface area contributed by atoms with Crippen LogP contribution in [0, 0.1) is 33.5 Å². The van der Waals surface area contributed by atoms with Crippen LogP contribution in [0.3, 0.4) is 0 Å². The number of fused-ring (bicyclic) bond motifs is 1. The zero-order valence-electron chi connectivity index (χ0n) is 17.2. The van der Waals surface area contributed by atoms with Gasteiger partial charge in [-0.15, -0.1) is 0 Å². The average Bonchev–Trinajstić information content (AvgIpc) is 2.57. The van der Waals surface area contributed by atoms with Crippen molar-refractivity contribution in [2.24, 2.45) is 7.05 Å². The summed E-state index contributed by atoms with van der Waals surface area (Å²) in [6.07, 6.45) is 0. The van der Waals surface area contributed by atoms with Crippen LogP contribution >= 0.6 is 0 Å². The lowest BCUT2D eigenvalue weighted by molar-refractivity contribution is -0.665. The highest BCUT2D eigenvalue weighted by molar-refractivity contribution is 5.94. The average molecular weight is 351 g/mol. The van der Waals surface area contributed by atoms with Crippen molar-refractivity contribution in [1.82, 2.24) is 0 Å². The number of hydrogen-bond donors (Lipinski definition) is 0. The van der Waals surface area contributed by atoms with Crippen molar-refractivity contribution in [2.75, 3.05) is 0 Å². The van der Waals surface area contributed by atoms with Crippen LogP contribution in [0.15, 0.2) is 30.3 Å². The minimum absolute atomic E-state index is 0.0964. The third-order valence-electron chi connectivity index (χ3n) is 5.66. The molecule has 136 valence electrons. The molecule has 0 atom stereocenters. The van der Waals surface area contributed by atoms with Crippen LogP contribution in [0.5, 0.6) is 0 Å². The Balaban J connectivity index is 2.42. The molecule has 0 bridgehead atoms. The summed E-state index contributed by atoms with van der Waals surface area (Å²) >= 11 is 0. The first-order valence-corrected chi connectivity index (χ1v) is 9.23. The molecule has 26 heavy (non-hydrogen) atoms. The summed E-state index contributed by atoms with van der Waals surface area (Å²) in [7, 11) is 2.09. The molecule has 0 unspecified atom stereocenters. The molecule has 1 heterocycles. The van der Waals surface area contributed by atoms with E-state index in [2.05, 4.69) is 63.6 Å². The Kier molecular flexibility index (Phi) is 4.42. The molecule has 0 radical (unpaired) electrons. The van der Waals surface area contributed by atoms with Crippen molar-refractivity contribution < 1.29 is 8.96 Å². The maximum Gasteiger partial charge on any atom is 0.220 e. The molecule has 1 aromatic heterocycles. The molecule has 0 aliphatic carbocycles. The quantitative estimate of drug-likeness (QED) is 0.474. The van der Waals surface area contributed by atoms with E-state index in [-0.39, 0.29) is 11.2 Å². The van der Waals surface area contributed by atoms with Crippen LogP contribution < -0.4 is 4.57 Å². The molecule has 0 aliphatic rings. The molecule has 3 aromatic rings. The largest absolute Gasteiger partial charge is 0.220 e. The number of rotatable bonds is 1. The highest BCUT2D eigenvalue weighted by Crippen LogP contribution is 2.34. The Labute approximate surface area is 156 Å². The van der Waals surface area contributed by atoms with Gasteiger partial charge in [-0.3, -0.25) is 0 Å². The first kappa shape index (κ1) is 18.6. The first-order chi connectivity index (χ1) is 12.0. The summed E-state index contributed by atoms with van der Waals surface area (Å²) < 4.78 is 16.6. The van der Waals surface area contributed by atoms with E-state index in [1.54, 1.807) is 0 Å². The van der Waals surface area contributed by atoms with Crippen LogP contribution in [0.4, 0.5) is 4.39 Å². The molecule has 0 spiro atoms. The smallest absolute Gasteiger partial charge is 0.206 e. The lowest BCUT2D eigenvalue weighted by atomic mass is 9.85. The number of aryl methyl sites for hydroxylation is 2. The second-order valence-electron chi connectivity index (χ2n) is 8.55. The summed E-state index contributed by atoms with van der Waals surface area (Å²) in [4.78, 5) is 0. The van der Waals surface area contributed by atoms with Crippen molar-refractivity contribution in [2.45, 2.75) is 53.9 Å². The summed E-state index contributed by atoms with van der Waals surface area (Å²) in [5, 5.41) is 2.45. The standard InChI is InChI=1S/C24H29FN/c1-14-11-21(16(3)17(4)22(14)25)23-20-10-9-19(24(5,6)7)13-18(20)12-15(2)26(23)8/h9-13H,1-8H3/q+1. The predicted octanol–water partition coefficient (Wildman–Crippen LogP) is 6.00. The SMILES string of the molecule is Cc1cc(-c2c3ccc(C(C)(C)C)cc3cc(C)[n+]2C)c(C)c(C)c1F. The Morgan fingerprint density at radius 3 is 2.15 bits per heavy atom. The Morgan fingerprint density at radius 2 is 1.54 bits per heavy atom. The second-order valence-corrected chi connectivity index (χ2v) is 8.55. The lowest BCUT2D eigenvalue weighted by Gasteiger charge is -2.20. The van der Waals surface area contributed by atoms with Gasteiger partial charge in [0.15, 0.2) is 5.69 Å². The van der Waals surface area contributed by atoms with Crippen molar-refractivity contribution in [3.8, 4) is 11.3 Å². The first-order valence-electron chi connectivity index (χ1n) is 9.23. The minimum atomic E-state index is -0.0964. The summed E-state index contributed by atoms with van der Waals surface area (Å²) in [6.45, 7) is 14.6. The minimum Gasteiger partial charge on any atom is -0.206 e. The van der Waals surface area contributed by atoms with Gasteiger partial charge in [-0.25, -0.2) is 4.39 Å². The van der Waals surface area contributed by atoms with E-state index in [0.29, 0.717) is 5.56 Å². The van der Waals surface area contributed by atoms with Gasteiger partial charge in [0, 0.05) is 13.0 Å². The molecular weight excluding hydrogens is 321 g/mol. The molecule has 3 rings (SSSR count). The zero-order chi connectivity index (χ0) is 19.4. The van der Waals surface area contributed by atoms with Crippen LogP contribution in [0.2, 0.25) is 0 Å². The number of benzene rings is 2. The van der Waals surface area contributed by atoms with Crippen LogP contribution in [0.25, 0.3) is 22.0 Å². The van der Waals surface area contributed by atoms with Crippen molar-refractivity contribution in [3.63, 3.8) is 0 Å². The Bertz CT molecular complexity index is 1020. The third-order valence-corrected chi connectivity index (χ3v) is 5.66. The molecule has 0 fully saturated rings. The monoisotopic (exact) mass is 350 g/mol. The number of hydrogen-bond acceptors (Lipinski definition) is 0. The third kappa shape index (κ3) is 2.92. The summed E-state index contributed by atoms with van der Waals surface area (Å²) in [6, 6.07) is 11.0. The number of halogens is 1. The Hall–Kier alpha value is -2.22. The van der Waals surface area contributed by atoms with E-state index in [9.17, 15) is 4.39 Å². The molecule has 0 saturated heterocycles. The molecule has 1 nitrogen and oxygen atoms in total. The van der Waals surface area contributed by atoms with Crippen molar-refractivity contribution in [1.29, 1.82) is 0 Å². The highest BCUT2D eigenvalue weighted by Gasteiger charge is 2.23. The van der Waals surface area contributed by atoms with Crippen molar-refractivity contribution >= 4 is 10.8 Å². The maximum absolute atomic E-state index is 14.4. The van der Waals surface area contributed by atoms with Crippen LogP contribution in [0.1, 0.15) is 48.7 Å². The van der Waals surface area contributed by atoms with E-state index in [0.717, 1.165) is 22.4 Å². The topological polar surface area (TPSA) is 3.88 Å². The molecule has 2 heteroatoms. The fourth-order valence-electron chi connectivity index (χ4n) is 3.67. The maximum atomic E-state index is 14.4. The zero-order valence-corrected chi connectivity index (χ0v) is 17.2. The van der Waals surface area contributed by atoms with E-state index >= 15 is 0 Å². The van der Waals surface area contributed by atoms with Gasteiger partial charge in [-0.2, -0.15) is 4.57 Å². The van der Waals surface area contributed by atoms with Crippen molar-refractivity contribution in [3.05, 3.63) is 64.1 Å². The molecule has 2 aromatic carbocycles. The van der Waals surface area contributed by atoms with Gasteiger partial charge in [0.2, 0.25) is 5.69 Å². The van der Waals surface area contributed by atoms with Gasteiger partial charge in [0.1, 0.15) is 12.9 Å². The molecule has 0 amide bonds. The lowest BCUT2D eigenvalue weighted by Crippen LogP contribution is -2.35.